The third-order valence-corrected chi connectivity index (χ3v) is 3.73. The van der Waals surface area contributed by atoms with E-state index in [0.717, 1.165) is 22.4 Å². The molecular formula is C16H17NO2. The lowest BCUT2D eigenvalue weighted by Gasteiger charge is -2.09. The normalized spacial score (nSPS) is 14.1. The summed E-state index contributed by atoms with van der Waals surface area (Å²) in [4.78, 5) is 0. The minimum Gasteiger partial charge on any atom is -0.494 e. The Morgan fingerprint density at radius 1 is 0.947 bits per heavy atom. The van der Waals surface area contributed by atoms with Gasteiger partial charge in [-0.2, -0.15) is 0 Å². The van der Waals surface area contributed by atoms with Crippen LogP contribution >= 0.6 is 0 Å². The maximum absolute atomic E-state index is 10.4. The van der Waals surface area contributed by atoms with Gasteiger partial charge in [0.25, 0.3) is 0 Å². The Morgan fingerprint density at radius 2 is 1.58 bits per heavy atom. The number of fused-ring (bicyclic) bond motifs is 1. The zero-order valence-corrected chi connectivity index (χ0v) is 11.1. The third kappa shape index (κ3) is 1.82. The molecule has 2 aromatic rings. The van der Waals surface area contributed by atoms with Crippen LogP contribution in [0.1, 0.15) is 23.6 Å². The second-order valence-electron chi connectivity index (χ2n) is 5.21. The molecule has 3 heteroatoms. The first kappa shape index (κ1) is 11.9. The fourth-order valence-corrected chi connectivity index (χ4v) is 2.61. The van der Waals surface area contributed by atoms with Crippen molar-refractivity contribution in [3.8, 4) is 17.4 Å². The van der Waals surface area contributed by atoms with Crippen LogP contribution in [0.15, 0.2) is 35.9 Å². The molecule has 0 fully saturated rings. The van der Waals surface area contributed by atoms with E-state index < -0.39 is 0 Å². The van der Waals surface area contributed by atoms with Gasteiger partial charge in [0, 0.05) is 11.1 Å². The molecule has 0 saturated carbocycles. The number of hydrogen-bond acceptors (Lipinski definition) is 2. The van der Waals surface area contributed by atoms with Crippen LogP contribution < -0.4 is 0 Å². The molecule has 0 spiro atoms. The van der Waals surface area contributed by atoms with Gasteiger partial charge in [-0.3, -0.25) is 4.57 Å². The largest absolute Gasteiger partial charge is 0.494 e. The first-order valence-electron chi connectivity index (χ1n) is 6.45. The lowest BCUT2D eigenvalue weighted by molar-refractivity contribution is 0.400. The second kappa shape index (κ2) is 4.19. The number of nitrogens with zero attached hydrogens (tertiary/aromatic N) is 1. The average molecular weight is 255 g/mol. The van der Waals surface area contributed by atoms with Crippen molar-refractivity contribution in [3.05, 3.63) is 52.6 Å². The minimum atomic E-state index is 0.153. The van der Waals surface area contributed by atoms with E-state index in [1.54, 1.807) is 0 Å². The number of rotatable bonds is 1. The van der Waals surface area contributed by atoms with E-state index in [4.69, 9.17) is 0 Å². The summed E-state index contributed by atoms with van der Waals surface area (Å²) in [5.74, 6) is 0.309. The van der Waals surface area contributed by atoms with E-state index in [1.807, 2.05) is 38.1 Å². The fraction of sp³-hybridized carbons (Fsp3) is 0.250. The maximum Gasteiger partial charge on any atom is 0.202 e. The zero-order valence-electron chi connectivity index (χ0n) is 11.1. The standard InChI is InChI=1S/C16H17NO2/c1-10-3-6-12(7-4-10)17-15(18)13-8-5-11(2)9-14(13)16(17)19/h3-7,18-19H,8-9H2,1-2H3. The summed E-state index contributed by atoms with van der Waals surface area (Å²) in [6.45, 7) is 4.06. The summed E-state index contributed by atoms with van der Waals surface area (Å²) in [5.41, 5.74) is 4.84. The summed E-state index contributed by atoms with van der Waals surface area (Å²) in [5, 5.41) is 20.7. The van der Waals surface area contributed by atoms with Gasteiger partial charge >= 0.3 is 0 Å². The quantitative estimate of drug-likeness (QED) is 0.768. The lowest BCUT2D eigenvalue weighted by atomic mass is 9.96. The molecule has 3 nitrogen and oxygen atoms in total. The van der Waals surface area contributed by atoms with Crippen LogP contribution in [0.4, 0.5) is 0 Å². The van der Waals surface area contributed by atoms with Crippen LogP contribution in [0.3, 0.4) is 0 Å². The van der Waals surface area contributed by atoms with Crippen molar-refractivity contribution in [2.45, 2.75) is 26.7 Å². The molecule has 0 aliphatic heterocycles. The molecule has 1 heterocycles. The molecule has 0 bridgehead atoms. The number of aromatic nitrogens is 1. The zero-order chi connectivity index (χ0) is 13.6. The summed E-state index contributed by atoms with van der Waals surface area (Å²) in [7, 11) is 0. The molecule has 0 unspecified atom stereocenters. The number of benzene rings is 1. The molecule has 1 aliphatic rings. The SMILES string of the molecule is CC1=CCc2c(c(O)n(-c3ccc(C)cc3)c2O)C1. The second-order valence-corrected chi connectivity index (χ2v) is 5.21. The Labute approximate surface area is 112 Å². The van der Waals surface area contributed by atoms with Crippen LogP contribution in [0.25, 0.3) is 5.69 Å². The first-order valence-corrected chi connectivity index (χ1v) is 6.45. The molecule has 0 saturated heterocycles. The Balaban J connectivity index is 2.16. The van der Waals surface area contributed by atoms with Crippen molar-refractivity contribution in [2.24, 2.45) is 0 Å². The Morgan fingerprint density at radius 3 is 2.26 bits per heavy atom. The van der Waals surface area contributed by atoms with Crippen LogP contribution in [-0.4, -0.2) is 14.8 Å². The predicted octanol–water partition coefficient (Wildman–Crippen LogP) is 3.24. The average Bonchev–Trinajstić information content (AvgIpc) is 2.63. The molecular weight excluding hydrogens is 238 g/mol. The van der Waals surface area contributed by atoms with Crippen molar-refractivity contribution in [1.29, 1.82) is 0 Å². The third-order valence-electron chi connectivity index (χ3n) is 3.73. The van der Waals surface area contributed by atoms with Gasteiger partial charge in [-0.05, 0) is 38.8 Å². The van der Waals surface area contributed by atoms with Crippen LogP contribution in [0, 0.1) is 6.92 Å². The van der Waals surface area contributed by atoms with Crippen molar-refractivity contribution in [1.82, 2.24) is 4.57 Å². The first-order chi connectivity index (χ1) is 9.08. The van der Waals surface area contributed by atoms with Gasteiger partial charge in [-0.25, -0.2) is 0 Å². The van der Waals surface area contributed by atoms with E-state index in [9.17, 15) is 10.2 Å². The highest BCUT2D eigenvalue weighted by molar-refractivity contribution is 5.56. The maximum atomic E-state index is 10.4. The van der Waals surface area contributed by atoms with E-state index in [1.165, 1.54) is 10.1 Å². The lowest BCUT2D eigenvalue weighted by Crippen LogP contribution is -1.97. The molecule has 2 N–H and O–H groups in total. The smallest absolute Gasteiger partial charge is 0.202 e. The molecule has 1 aromatic carbocycles. The topological polar surface area (TPSA) is 45.4 Å². The Bertz CT molecular complexity index is 663. The molecule has 1 aromatic heterocycles. The van der Waals surface area contributed by atoms with Gasteiger partial charge in [0.1, 0.15) is 0 Å². The Hall–Kier alpha value is -2.16. The molecule has 3 rings (SSSR count). The predicted molar refractivity (Wildman–Crippen MR) is 75.0 cm³/mol. The van der Waals surface area contributed by atoms with Gasteiger partial charge in [0.05, 0.1) is 5.69 Å². The van der Waals surface area contributed by atoms with Crippen molar-refractivity contribution < 1.29 is 10.2 Å². The summed E-state index contributed by atoms with van der Waals surface area (Å²) in [6.07, 6.45) is 3.48. The van der Waals surface area contributed by atoms with Gasteiger partial charge in [0.15, 0.2) is 0 Å². The number of hydrogen-bond donors (Lipinski definition) is 2. The molecule has 98 valence electrons. The number of allylic oxidation sites excluding steroid dienone is 2. The van der Waals surface area contributed by atoms with Gasteiger partial charge in [-0.1, -0.05) is 29.3 Å². The van der Waals surface area contributed by atoms with Crippen LogP contribution in [-0.2, 0) is 12.8 Å². The van der Waals surface area contributed by atoms with Crippen molar-refractivity contribution in [2.75, 3.05) is 0 Å². The summed E-state index contributed by atoms with van der Waals surface area (Å²) >= 11 is 0. The fourth-order valence-electron chi connectivity index (χ4n) is 2.61. The molecule has 0 radical (unpaired) electrons. The highest BCUT2D eigenvalue weighted by Gasteiger charge is 2.24. The van der Waals surface area contributed by atoms with E-state index in [0.29, 0.717) is 12.8 Å². The molecule has 0 amide bonds. The summed E-state index contributed by atoms with van der Waals surface area (Å²) < 4.78 is 1.52. The summed E-state index contributed by atoms with van der Waals surface area (Å²) in [6, 6.07) is 7.74. The molecule has 1 aliphatic carbocycles. The van der Waals surface area contributed by atoms with E-state index >= 15 is 0 Å². The van der Waals surface area contributed by atoms with E-state index in [2.05, 4.69) is 6.08 Å². The van der Waals surface area contributed by atoms with E-state index in [-0.39, 0.29) is 11.8 Å². The number of aryl methyl sites for hydroxylation is 1. The highest BCUT2D eigenvalue weighted by Crippen LogP contribution is 2.40. The monoisotopic (exact) mass is 255 g/mol. The van der Waals surface area contributed by atoms with Crippen LogP contribution in [0.5, 0.6) is 11.8 Å². The minimum absolute atomic E-state index is 0.153. The molecule has 0 atom stereocenters. The van der Waals surface area contributed by atoms with Crippen molar-refractivity contribution in [3.63, 3.8) is 0 Å². The Kier molecular flexibility index (Phi) is 2.63. The van der Waals surface area contributed by atoms with Crippen LogP contribution in [0.2, 0.25) is 0 Å². The van der Waals surface area contributed by atoms with Gasteiger partial charge < -0.3 is 10.2 Å². The number of aromatic hydroxyl groups is 2. The van der Waals surface area contributed by atoms with Gasteiger partial charge in [0.2, 0.25) is 11.8 Å². The van der Waals surface area contributed by atoms with Crippen molar-refractivity contribution >= 4 is 0 Å². The van der Waals surface area contributed by atoms with Gasteiger partial charge in [-0.15, -0.1) is 0 Å². The molecule has 19 heavy (non-hydrogen) atoms. The highest BCUT2D eigenvalue weighted by atomic mass is 16.3.